The molecule has 2 fully saturated rings. The van der Waals surface area contributed by atoms with Gasteiger partial charge in [-0.25, -0.2) is 9.68 Å². The second kappa shape index (κ2) is 7.08. The molecule has 2 bridgehead atoms. The van der Waals surface area contributed by atoms with Gasteiger partial charge in [-0.15, -0.1) is 0 Å². The van der Waals surface area contributed by atoms with Crippen LogP contribution in [0.1, 0.15) is 52.9 Å². The van der Waals surface area contributed by atoms with E-state index < -0.39 is 17.3 Å². The summed E-state index contributed by atoms with van der Waals surface area (Å²) in [6.07, 6.45) is 5.76. The maximum atomic E-state index is 12.0. The Morgan fingerprint density at radius 3 is 2.77 bits per heavy atom. The molecule has 6 nitrogen and oxygen atoms in total. The molecular weight excluding hydrogens is 336 g/mol. The van der Waals surface area contributed by atoms with E-state index in [0.29, 0.717) is 24.8 Å². The summed E-state index contributed by atoms with van der Waals surface area (Å²) in [6, 6.07) is 0. The van der Waals surface area contributed by atoms with E-state index in [-0.39, 0.29) is 30.0 Å². The quantitative estimate of drug-likeness (QED) is 0.244. The van der Waals surface area contributed by atoms with Crippen LogP contribution >= 0.6 is 0 Å². The third-order valence-electron chi connectivity index (χ3n) is 6.26. The molecule has 0 aromatic rings. The Morgan fingerprint density at radius 2 is 2.08 bits per heavy atom. The summed E-state index contributed by atoms with van der Waals surface area (Å²) in [6.45, 7) is 9.55. The Kier molecular flexibility index (Phi) is 5.32. The van der Waals surface area contributed by atoms with Gasteiger partial charge in [0.1, 0.15) is 11.7 Å². The number of aliphatic hydroxyl groups is 1. The van der Waals surface area contributed by atoms with Crippen LogP contribution in [0.25, 0.3) is 0 Å². The molecule has 0 aromatic heterocycles. The van der Waals surface area contributed by atoms with Crippen LogP contribution in [-0.2, 0) is 19.2 Å². The number of fused-ring (bicyclic) bond motifs is 4. The highest BCUT2D eigenvalue weighted by Crippen LogP contribution is 2.44. The zero-order valence-corrected chi connectivity index (χ0v) is 15.8. The summed E-state index contributed by atoms with van der Waals surface area (Å²) in [5.74, 6) is -0.337. The number of hydrogen-bond acceptors (Lipinski definition) is 6. The van der Waals surface area contributed by atoms with Crippen molar-refractivity contribution in [2.75, 3.05) is 0 Å². The second-order valence-electron chi connectivity index (χ2n) is 8.56. The van der Waals surface area contributed by atoms with Crippen molar-refractivity contribution >= 4 is 5.97 Å². The minimum atomic E-state index is -1.11. The zero-order valence-electron chi connectivity index (χ0n) is 15.8. The molecule has 2 saturated heterocycles. The normalized spacial score (nSPS) is 48.1. The summed E-state index contributed by atoms with van der Waals surface area (Å²) < 4.78 is 11.9. The third-order valence-corrected chi connectivity index (χ3v) is 6.26. The molecule has 3 heterocycles. The van der Waals surface area contributed by atoms with Gasteiger partial charge in [-0.1, -0.05) is 25.7 Å². The predicted octanol–water partition coefficient (Wildman–Crippen LogP) is 3.01. The Morgan fingerprint density at radius 1 is 1.35 bits per heavy atom. The highest BCUT2D eigenvalue weighted by atomic mass is 17.1. The summed E-state index contributed by atoms with van der Waals surface area (Å²) in [4.78, 5) is 16.7. The molecule has 0 spiro atoms. The van der Waals surface area contributed by atoms with Crippen LogP contribution in [0.15, 0.2) is 24.3 Å². The molecule has 3 rings (SSSR count). The predicted molar refractivity (Wildman–Crippen MR) is 95.3 cm³/mol. The van der Waals surface area contributed by atoms with Gasteiger partial charge in [0.2, 0.25) is 0 Å². The zero-order chi connectivity index (χ0) is 19.1. The fraction of sp³-hybridized carbons (Fsp3) is 0.750. The van der Waals surface area contributed by atoms with Crippen LogP contribution in [-0.4, -0.2) is 45.8 Å². The Hall–Kier alpha value is -1.21. The van der Waals surface area contributed by atoms with E-state index in [4.69, 9.17) is 14.4 Å². The van der Waals surface area contributed by atoms with Crippen molar-refractivity contribution in [2.24, 2.45) is 11.8 Å². The molecule has 26 heavy (non-hydrogen) atoms. The molecule has 146 valence electrons. The number of ether oxygens (including phenoxy) is 2. The van der Waals surface area contributed by atoms with E-state index in [2.05, 4.69) is 13.5 Å². The number of carbonyl (C=O) groups excluding carboxylic acids is 1. The molecule has 7 atom stereocenters. The lowest BCUT2D eigenvalue weighted by atomic mass is 9.76. The van der Waals surface area contributed by atoms with Crippen molar-refractivity contribution in [1.29, 1.82) is 0 Å². The maximum Gasteiger partial charge on any atom is 0.334 e. The molecule has 0 aromatic carbocycles. The first kappa shape index (κ1) is 19.5. The minimum absolute atomic E-state index is 0.113. The van der Waals surface area contributed by atoms with E-state index in [9.17, 15) is 15.2 Å². The van der Waals surface area contributed by atoms with Crippen LogP contribution in [0.2, 0.25) is 0 Å². The molecular formula is C20H30O6. The smallest absolute Gasteiger partial charge is 0.334 e. The van der Waals surface area contributed by atoms with Gasteiger partial charge in [0, 0.05) is 11.5 Å². The first-order valence-corrected chi connectivity index (χ1v) is 9.45. The number of hydrogen-bond donors (Lipinski definition) is 2. The number of carbonyl (C=O) groups is 1. The lowest BCUT2D eigenvalue weighted by Gasteiger charge is -2.45. The van der Waals surface area contributed by atoms with Crippen LogP contribution < -0.4 is 0 Å². The number of rotatable bonds is 1. The van der Waals surface area contributed by atoms with Crippen molar-refractivity contribution in [2.45, 2.75) is 82.4 Å². The Labute approximate surface area is 154 Å². The maximum absolute atomic E-state index is 12.0. The average molecular weight is 366 g/mol. The standard InChI is InChI=1S/C20H30O6/c1-12-7-5-8-19(3,26-23)9-6-10-20(4,22)15-11-14-13(2)18(21)25-17(14)16(12)24-15/h6,9,12,14-17,22-23H,2,5,7-8,10-11H2,1,3-4H3/b9-6-/t12-,14+,15+,16-,17-,19+,20-/m1/s1. The fourth-order valence-electron chi connectivity index (χ4n) is 4.39. The highest BCUT2D eigenvalue weighted by molar-refractivity contribution is 5.91. The summed E-state index contributed by atoms with van der Waals surface area (Å²) >= 11 is 0. The molecule has 0 unspecified atom stereocenters. The third kappa shape index (κ3) is 3.60. The van der Waals surface area contributed by atoms with Gasteiger partial charge in [-0.3, -0.25) is 5.26 Å². The lowest BCUT2D eigenvalue weighted by Crippen LogP contribution is -2.54. The van der Waals surface area contributed by atoms with Crippen molar-refractivity contribution in [3.63, 3.8) is 0 Å². The van der Waals surface area contributed by atoms with E-state index in [1.165, 1.54) is 0 Å². The largest absolute Gasteiger partial charge is 0.456 e. The van der Waals surface area contributed by atoms with E-state index in [1.807, 2.05) is 13.0 Å². The molecule has 0 saturated carbocycles. The molecule has 0 radical (unpaired) electrons. The van der Waals surface area contributed by atoms with Gasteiger partial charge in [0.15, 0.2) is 0 Å². The molecule has 0 amide bonds. The molecule has 6 heteroatoms. The molecule has 3 aliphatic rings. The van der Waals surface area contributed by atoms with Crippen molar-refractivity contribution < 1.29 is 29.5 Å². The molecule has 0 aliphatic carbocycles. The van der Waals surface area contributed by atoms with Gasteiger partial charge >= 0.3 is 5.97 Å². The Bertz CT molecular complexity index is 597. The average Bonchev–Trinajstić information content (AvgIpc) is 2.87. The van der Waals surface area contributed by atoms with Crippen LogP contribution in [0.5, 0.6) is 0 Å². The second-order valence-corrected chi connectivity index (χ2v) is 8.56. The van der Waals surface area contributed by atoms with Crippen molar-refractivity contribution in [3.8, 4) is 0 Å². The van der Waals surface area contributed by atoms with Crippen LogP contribution in [0, 0.1) is 11.8 Å². The highest BCUT2D eigenvalue weighted by Gasteiger charge is 2.53. The summed E-state index contributed by atoms with van der Waals surface area (Å²) in [5.41, 5.74) is -1.40. The fourth-order valence-corrected chi connectivity index (χ4v) is 4.39. The minimum Gasteiger partial charge on any atom is -0.456 e. The van der Waals surface area contributed by atoms with Gasteiger partial charge < -0.3 is 14.6 Å². The van der Waals surface area contributed by atoms with Gasteiger partial charge in [0.25, 0.3) is 0 Å². The monoisotopic (exact) mass is 366 g/mol. The first-order chi connectivity index (χ1) is 12.2. The molecule has 3 aliphatic heterocycles. The van der Waals surface area contributed by atoms with Crippen molar-refractivity contribution in [1.82, 2.24) is 0 Å². The van der Waals surface area contributed by atoms with E-state index in [0.717, 1.165) is 12.8 Å². The van der Waals surface area contributed by atoms with E-state index >= 15 is 0 Å². The van der Waals surface area contributed by atoms with E-state index in [1.54, 1.807) is 13.0 Å². The topological polar surface area (TPSA) is 85.2 Å². The van der Waals surface area contributed by atoms with Gasteiger partial charge in [-0.2, -0.15) is 0 Å². The Balaban J connectivity index is 1.91. The SMILES string of the molecule is C=C1C(=O)O[C@H]2[C@@H]3O[C@@H](C[C@@H]12)[C@](C)(O)C/C=C\[C@@](C)(OO)CCC[C@H]3C. The lowest BCUT2D eigenvalue weighted by molar-refractivity contribution is -0.304. The van der Waals surface area contributed by atoms with Gasteiger partial charge in [0.05, 0.1) is 17.8 Å². The molecule has 2 N–H and O–H groups in total. The van der Waals surface area contributed by atoms with Gasteiger partial charge in [-0.05, 0) is 51.9 Å². The first-order valence-electron chi connectivity index (χ1n) is 9.45. The summed E-state index contributed by atoms with van der Waals surface area (Å²) in [7, 11) is 0. The van der Waals surface area contributed by atoms with Crippen molar-refractivity contribution in [3.05, 3.63) is 24.3 Å². The number of esters is 1. The van der Waals surface area contributed by atoms with Crippen LogP contribution in [0.4, 0.5) is 0 Å². The summed E-state index contributed by atoms with van der Waals surface area (Å²) in [5, 5.41) is 20.3. The van der Waals surface area contributed by atoms with Crippen LogP contribution in [0.3, 0.4) is 0 Å².